The number of benzene rings is 1. The number of pyridine rings is 1. The van der Waals surface area contributed by atoms with Crippen LogP contribution in [0.2, 0.25) is 0 Å². The zero-order valence-corrected chi connectivity index (χ0v) is 11.1. The molecule has 1 aromatic carbocycles. The van der Waals surface area contributed by atoms with E-state index in [1.165, 1.54) is 0 Å². The van der Waals surface area contributed by atoms with Gasteiger partial charge in [0.25, 0.3) is 0 Å². The summed E-state index contributed by atoms with van der Waals surface area (Å²) >= 11 is 0. The van der Waals surface area contributed by atoms with Crippen LogP contribution in [0.4, 0.5) is 0 Å². The molecular formula is C15H18N2O2. The van der Waals surface area contributed by atoms with Crippen LogP contribution in [0.5, 0.6) is 0 Å². The highest BCUT2D eigenvalue weighted by Gasteiger charge is 2.01. The molecule has 4 nitrogen and oxygen atoms in total. The van der Waals surface area contributed by atoms with Gasteiger partial charge in [0.15, 0.2) is 0 Å². The Morgan fingerprint density at radius 1 is 1.37 bits per heavy atom. The number of carbonyl (C=O) groups is 1. The predicted molar refractivity (Wildman–Crippen MR) is 74.7 cm³/mol. The summed E-state index contributed by atoms with van der Waals surface area (Å²) in [4.78, 5) is 15.5. The SMILES string of the molecule is CCOC(=O)CCNCc1ccc2cccnc2c1. The van der Waals surface area contributed by atoms with Crippen molar-refractivity contribution in [2.75, 3.05) is 13.2 Å². The van der Waals surface area contributed by atoms with Gasteiger partial charge in [0.2, 0.25) is 0 Å². The molecule has 0 atom stereocenters. The average molecular weight is 258 g/mol. The molecule has 0 bridgehead atoms. The van der Waals surface area contributed by atoms with Gasteiger partial charge in [0.05, 0.1) is 18.5 Å². The maximum Gasteiger partial charge on any atom is 0.307 e. The molecule has 0 fully saturated rings. The highest BCUT2D eigenvalue weighted by Crippen LogP contribution is 2.12. The van der Waals surface area contributed by atoms with Gasteiger partial charge < -0.3 is 10.1 Å². The molecule has 2 aromatic rings. The minimum atomic E-state index is -0.157. The third kappa shape index (κ3) is 4.03. The first-order valence-corrected chi connectivity index (χ1v) is 6.49. The molecule has 0 spiro atoms. The second-order valence-electron chi connectivity index (χ2n) is 4.26. The van der Waals surface area contributed by atoms with Gasteiger partial charge in [-0.2, -0.15) is 0 Å². The summed E-state index contributed by atoms with van der Waals surface area (Å²) in [6.07, 6.45) is 2.19. The largest absolute Gasteiger partial charge is 0.466 e. The van der Waals surface area contributed by atoms with E-state index in [9.17, 15) is 4.79 Å². The topological polar surface area (TPSA) is 51.2 Å². The quantitative estimate of drug-likeness (QED) is 0.638. The lowest BCUT2D eigenvalue weighted by atomic mass is 10.1. The van der Waals surface area contributed by atoms with Crippen LogP contribution in [-0.4, -0.2) is 24.1 Å². The Kier molecular flexibility index (Phi) is 4.86. The number of carbonyl (C=O) groups excluding carboxylic acids is 1. The van der Waals surface area contributed by atoms with Crippen LogP contribution in [0, 0.1) is 0 Å². The lowest BCUT2D eigenvalue weighted by molar-refractivity contribution is -0.142. The van der Waals surface area contributed by atoms with Gasteiger partial charge in [0.1, 0.15) is 0 Å². The average Bonchev–Trinajstić information content (AvgIpc) is 2.44. The van der Waals surface area contributed by atoms with Crippen molar-refractivity contribution in [1.29, 1.82) is 0 Å². The minimum absolute atomic E-state index is 0.157. The van der Waals surface area contributed by atoms with Gasteiger partial charge in [-0.05, 0) is 24.6 Å². The van der Waals surface area contributed by atoms with E-state index < -0.39 is 0 Å². The van der Waals surface area contributed by atoms with E-state index in [1.54, 1.807) is 6.20 Å². The summed E-state index contributed by atoms with van der Waals surface area (Å²) < 4.78 is 4.86. The van der Waals surface area contributed by atoms with Crippen LogP contribution >= 0.6 is 0 Å². The van der Waals surface area contributed by atoms with Crippen LogP contribution in [-0.2, 0) is 16.1 Å². The summed E-state index contributed by atoms with van der Waals surface area (Å²) in [5.74, 6) is -0.157. The third-order valence-corrected chi connectivity index (χ3v) is 2.81. The molecule has 1 aromatic heterocycles. The molecule has 0 saturated carbocycles. The fraction of sp³-hybridized carbons (Fsp3) is 0.333. The molecule has 0 aliphatic carbocycles. The van der Waals surface area contributed by atoms with Crippen molar-refractivity contribution in [2.45, 2.75) is 19.9 Å². The first-order chi connectivity index (χ1) is 9.29. The van der Waals surface area contributed by atoms with Crippen LogP contribution in [0.1, 0.15) is 18.9 Å². The monoisotopic (exact) mass is 258 g/mol. The summed E-state index contributed by atoms with van der Waals surface area (Å²) in [5, 5.41) is 4.36. The lowest BCUT2D eigenvalue weighted by Gasteiger charge is -2.06. The molecule has 0 aliphatic rings. The van der Waals surface area contributed by atoms with Crippen LogP contribution < -0.4 is 5.32 Å². The van der Waals surface area contributed by atoms with E-state index in [1.807, 2.05) is 19.1 Å². The highest BCUT2D eigenvalue weighted by molar-refractivity contribution is 5.78. The zero-order chi connectivity index (χ0) is 13.5. The van der Waals surface area contributed by atoms with Crippen molar-refractivity contribution in [2.24, 2.45) is 0 Å². The van der Waals surface area contributed by atoms with Gasteiger partial charge in [-0.15, -0.1) is 0 Å². The zero-order valence-electron chi connectivity index (χ0n) is 11.1. The first-order valence-electron chi connectivity index (χ1n) is 6.49. The summed E-state index contributed by atoms with van der Waals surface area (Å²) in [6, 6.07) is 10.2. The van der Waals surface area contributed by atoms with E-state index in [2.05, 4.69) is 28.5 Å². The van der Waals surface area contributed by atoms with Gasteiger partial charge in [-0.25, -0.2) is 0 Å². The van der Waals surface area contributed by atoms with Crippen molar-refractivity contribution in [1.82, 2.24) is 10.3 Å². The first kappa shape index (κ1) is 13.5. The number of hydrogen-bond donors (Lipinski definition) is 1. The smallest absolute Gasteiger partial charge is 0.307 e. The summed E-state index contributed by atoms with van der Waals surface area (Å²) in [6.45, 7) is 3.60. The lowest BCUT2D eigenvalue weighted by Crippen LogP contribution is -2.19. The number of hydrogen-bond acceptors (Lipinski definition) is 4. The molecule has 2 rings (SSSR count). The molecular weight excluding hydrogens is 240 g/mol. The molecule has 0 unspecified atom stereocenters. The van der Waals surface area contributed by atoms with Crippen LogP contribution in [0.25, 0.3) is 10.9 Å². The molecule has 1 N–H and O–H groups in total. The number of aromatic nitrogens is 1. The minimum Gasteiger partial charge on any atom is -0.466 e. The number of fused-ring (bicyclic) bond motifs is 1. The highest BCUT2D eigenvalue weighted by atomic mass is 16.5. The number of esters is 1. The van der Waals surface area contributed by atoms with Gasteiger partial charge in [-0.3, -0.25) is 9.78 Å². The van der Waals surface area contributed by atoms with Gasteiger partial charge >= 0.3 is 5.97 Å². The van der Waals surface area contributed by atoms with Crippen molar-refractivity contribution >= 4 is 16.9 Å². The molecule has 0 saturated heterocycles. The summed E-state index contributed by atoms with van der Waals surface area (Å²) in [5.41, 5.74) is 2.15. The maximum absolute atomic E-state index is 11.2. The number of nitrogens with zero attached hydrogens (tertiary/aromatic N) is 1. The summed E-state index contributed by atoms with van der Waals surface area (Å²) in [7, 11) is 0. The molecule has 4 heteroatoms. The number of rotatable bonds is 6. The number of nitrogens with one attached hydrogen (secondary N) is 1. The normalized spacial score (nSPS) is 10.6. The molecule has 0 radical (unpaired) electrons. The van der Waals surface area contributed by atoms with Crippen molar-refractivity contribution in [3.63, 3.8) is 0 Å². The second kappa shape index (κ2) is 6.85. The van der Waals surface area contributed by atoms with E-state index in [-0.39, 0.29) is 5.97 Å². The van der Waals surface area contributed by atoms with Crippen LogP contribution in [0.3, 0.4) is 0 Å². The third-order valence-electron chi connectivity index (χ3n) is 2.81. The van der Waals surface area contributed by atoms with Gasteiger partial charge in [-0.1, -0.05) is 18.2 Å². The van der Waals surface area contributed by atoms with Crippen molar-refractivity contribution < 1.29 is 9.53 Å². The fourth-order valence-electron chi connectivity index (χ4n) is 1.88. The van der Waals surface area contributed by atoms with Crippen molar-refractivity contribution in [3.05, 3.63) is 42.1 Å². The Hall–Kier alpha value is -1.94. The molecule has 100 valence electrons. The molecule has 0 aliphatic heterocycles. The van der Waals surface area contributed by atoms with Gasteiger partial charge in [0, 0.05) is 24.7 Å². The van der Waals surface area contributed by atoms with Crippen molar-refractivity contribution in [3.8, 4) is 0 Å². The fourth-order valence-corrected chi connectivity index (χ4v) is 1.88. The standard InChI is InChI=1S/C15H18N2O2/c1-2-19-15(18)7-9-16-11-12-5-6-13-4-3-8-17-14(13)10-12/h3-6,8,10,16H,2,7,9,11H2,1H3. The van der Waals surface area contributed by atoms with E-state index in [4.69, 9.17) is 4.74 Å². The maximum atomic E-state index is 11.2. The van der Waals surface area contributed by atoms with E-state index >= 15 is 0 Å². The Morgan fingerprint density at radius 2 is 2.26 bits per heavy atom. The Balaban J connectivity index is 1.83. The molecule has 19 heavy (non-hydrogen) atoms. The Bertz CT molecular complexity index is 555. The molecule has 0 amide bonds. The predicted octanol–water partition coefficient (Wildman–Crippen LogP) is 2.28. The van der Waals surface area contributed by atoms with E-state index in [0.717, 1.165) is 23.0 Å². The molecule has 1 heterocycles. The Labute approximate surface area is 112 Å². The second-order valence-corrected chi connectivity index (χ2v) is 4.26. The number of ether oxygens (including phenoxy) is 1. The van der Waals surface area contributed by atoms with Crippen LogP contribution in [0.15, 0.2) is 36.5 Å². The van der Waals surface area contributed by atoms with E-state index in [0.29, 0.717) is 19.6 Å². The Morgan fingerprint density at radius 3 is 3.11 bits per heavy atom.